The molecule has 120 valence electrons. The van der Waals surface area contributed by atoms with Gasteiger partial charge < -0.3 is 15.4 Å². The molecule has 0 aliphatic rings. The van der Waals surface area contributed by atoms with Crippen molar-refractivity contribution in [1.82, 2.24) is 15.3 Å². The monoisotopic (exact) mass is 321 g/mol. The molecule has 0 aromatic carbocycles. The molecule has 22 heavy (non-hydrogen) atoms. The number of H-pyrrole nitrogens is 1. The molecular weight excluding hydrogens is 298 g/mol. The van der Waals surface area contributed by atoms with E-state index in [0.717, 1.165) is 29.1 Å². The van der Waals surface area contributed by atoms with Crippen LogP contribution in [0.4, 0.5) is 0 Å². The molecule has 0 saturated carbocycles. The smallest absolute Gasteiger partial charge is 0.267 e. The van der Waals surface area contributed by atoms with Crippen LogP contribution in [-0.2, 0) is 0 Å². The first-order valence-corrected chi connectivity index (χ1v) is 8.50. The number of thiazole rings is 1. The fraction of sp³-hybridized carbons (Fsp3) is 0.500. The third-order valence-corrected chi connectivity index (χ3v) is 4.68. The zero-order valence-corrected chi connectivity index (χ0v) is 14.0. The zero-order chi connectivity index (χ0) is 16.1. The Kier molecular flexibility index (Phi) is 5.74. The summed E-state index contributed by atoms with van der Waals surface area (Å²) in [4.78, 5) is 19.5. The average molecular weight is 321 g/mol. The topological polar surface area (TPSA) is 78.0 Å². The van der Waals surface area contributed by atoms with Crippen molar-refractivity contribution in [2.45, 2.75) is 39.7 Å². The van der Waals surface area contributed by atoms with Gasteiger partial charge in [-0.15, -0.1) is 11.3 Å². The highest BCUT2D eigenvalue weighted by atomic mass is 32.1. The van der Waals surface area contributed by atoms with Crippen LogP contribution in [0.3, 0.4) is 0 Å². The molecule has 0 radical (unpaired) electrons. The van der Waals surface area contributed by atoms with Crippen molar-refractivity contribution in [3.63, 3.8) is 0 Å². The number of aliphatic hydroxyl groups excluding tert-OH is 1. The van der Waals surface area contributed by atoms with Gasteiger partial charge in [-0.1, -0.05) is 26.7 Å². The van der Waals surface area contributed by atoms with Crippen LogP contribution in [0, 0.1) is 12.8 Å². The van der Waals surface area contributed by atoms with E-state index in [2.05, 4.69) is 15.3 Å². The molecule has 2 heterocycles. The van der Waals surface area contributed by atoms with Gasteiger partial charge in [-0.05, 0) is 18.9 Å². The quantitative estimate of drug-likeness (QED) is 0.733. The summed E-state index contributed by atoms with van der Waals surface area (Å²) in [5.74, 6) is 0.0145. The molecule has 0 saturated heterocycles. The van der Waals surface area contributed by atoms with Crippen molar-refractivity contribution >= 4 is 17.2 Å². The van der Waals surface area contributed by atoms with Gasteiger partial charge in [0.15, 0.2) is 0 Å². The van der Waals surface area contributed by atoms with Crippen molar-refractivity contribution < 1.29 is 9.90 Å². The summed E-state index contributed by atoms with van der Waals surface area (Å²) >= 11 is 1.58. The Labute approximate surface area is 134 Å². The number of aliphatic hydroxyl groups is 1. The van der Waals surface area contributed by atoms with Gasteiger partial charge in [0, 0.05) is 23.7 Å². The Balaban J connectivity index is 1.95. The molecule has 6 heteroatoms. The number of nitrogens with one attached hydrogen (secondary N) is 2. The lowest BCUT2D eigenvalue weighted by molar-refractivity contribution is 0.0813. The van der Waals surface area contributed by atoms with Gasteiger partial charge in [0.05, 0.1) is 16.8 Å². The summed E-state index contributed by atoms with van der Waals surface area (Å²) in [7, 11) is 0. The second-order valence-corrected chi connectivity index (χ2v) is 6.47. The van der Waals surface area contributed by atoms with Crippen LogP contribution in [0.2, 0.25) is 0 Å². The molecule has 2 rings (SSSR count). The minimum Gasteiger partial charge on any atom is -0.391 e. The summed E-state index contributed by atoms with van der Waals surface area (Å²) in [5.41, 5.74) is 2.25. The van der Waals surface area contributed by atoms with E-state index in [0.29, 0.717) is 5.69 Å². The van der Waals surface area contributed by atoms with Gasteiger partial charge in [0.25, 0.3) is 5.91 Å². The molecular formula is C16H23N3O2S. The van der Waals surface area contributed by atoms with Crippen molar-refractivity contribution in [2.75, 3.05) is 6.54 Å². The fourth-order valence-corrected chi connectivity index (χ4v) is 3.08. The van der Waals surface area contributed by atoms with Crippen LogP contribution in [-0.4, -0.2) is 33.6 Å². The maximum atomic E-state index is 12.1. The molecule has 2 aromatic heterocycles. The van der Waals surface area contributed by atoms with E-state index in [1.54, 1.807) is 23.6 Å². The SMILES string of the molecule is CCC(CC)C(O)CNC(=O)c1cc(-c2csc(C)n2)c[nH]1. The molecule has 0 fully saturated rings. The molecule has 1 amide bonds. The number of hydrogen-bond acceptors (Lipinski definition) is 4. The number of nitrogens with zero attached hydrogens (tertiary/aromatic N) is 1. The van der Waals surface area contributed by atoms with Gasteiger partial charge in [-0.3, -0.25) is 4.79 Å². The summed E-state index contributed by atoms with van der Waals surface area (Å²) in [6.45, 7) is 6.32. The molecule has 1 unspecified atom stereocenters. The lowest BCUT2D eigenvalue weighted by atomic mass is 9.96. The maximum absolute atomic E-state index is 12.1. The molecule has 1 atom stereocenters. The first-order chi connectivity index (χ1) is 10.5. The highest BCUT2D eigenvalue weighted by Gasteiger charge is 2.17. The van der Waals surface area contributed by atoms with Crippen LogP contribution in [0.25, 0.3) is 11.3 Å². The standard InChI is InChI=1S/C16H23N3O2S/c1-4-11(5-2)15(20)8-18-16(21)13-6-12(7-17-13)14-9-22-10(3)19-14/h6-7,9,11,15,17,20H,4-5,8H2,1-3H3,(H,18,21). The molecule has 0 spiro atoms. The number of amides is 1. The lowest BCUT2D eigenvalue weighted by Gasteiger charge is -2.20. The second kappa shape index (κ2) is 7.56. The van der Waals surface area contributed by atoms with E-state index < -0.39 is 6.10 Å². The third kappa shape index (κ3) is 3.96. The van der Waals surface area contributed by atoms with Crippen molar-refractivity contribution in [3.8, 4) is 11.3 Å². The molecule has 3 N–H and O–H groups in total. The fourth-order valence-electron chi connectivity index (χ4n) is 2.46. The second-order valence-electron chi connectivity index (χ2n) is 5.41. The number of rotatable bonds is 7. The predicted octanol–water partition coefficient (Wildman–Crippen LogP) is 2.97. The van der Waals surface area contributed by atoms with E-state index in [9.17, 15) is 9.90 Å². The van der Waals surface area contributed by atoms with Gasteiger partial charge in [0.2, 0.25) is 0 Å². The largest absolute Gasteiger partial charge is 0.391 e. The van der Waals surface area contributed by atoms with Gasteiger partial charge >= 0.3 is 0 Å². The summed E-state index contributed by atoms with van der Waals surface area (Å²) in [6.07, 6.45) is 3.09. The number of aromatic amines is 1. The third-order valence-electron chi connectivity index (χ3n) is 3.91. The highest BCUT2D eigenvalue weighted by molar-refractivity contribution is 7.09. The number of hydrogen-bond donors (Lipinski definition) is 3. The summed E-state index contributed by atoms with van der Waals surface area (Å²) < 4.78 is 0. The van der Waals surface area contributed by atoms with Crippen LogP contribution < -0.4 is 5.32 Å². The van der Waals surface area contributed by atoms with Crippen molar-refractivity contribution in [2.24, 2.45) is 5.92 Å². The summed E-state index contributed by atoms with van der Waals surface area (Å²) in [5, 5.41) is 15.8. The van der Waals surface area contributed by atoms with Gasteiger partial charge in [-0.2, -0.15) is 0 Å². The highest BCUT2D eigenvalue weighted by Crippen LogP contribution is 2.22. The van der Waals surface area contributed by atoms with Crippen molar-refractivity contribution in [3.05, 3.63) is 28.3 Å². The minimum absolute atomic E-state index is 0.205. The number of aromatic nitrogens is 2. The van der Waals surface area contributed by atoms with Gasteiger partial charge in [-0.25, -0.2) is 4.98 Å². The van der Waals surface area contributed by atoms with Crippen LogP contribution in [0.15, 0.2) is 17.6 Å². The lowest BCUT2D eigenvalue weighted by Crippen LogP contribution is -2.36. The number of carbonyl (C=O) groups excluding carboxylic acids is 1. The van der Waals surface area contributed by atoms with Crippen LogP contribution in [0.5, 0.6) is 0 Å². The normalized spacial score (nSPS) is 12.6. The molecule has 2 aromatic rings. The Morgan fingerprint density at radius 3 is 2.77 bits per heavy atom. The van der Waals surface area contributed by atoms with Gasteiger partial charge in [0.1, 0.15) is 5.69 Å². The van der Waals surface area contributed by atoms with Crippen molar-refractivity contribution in [1.29, 1.82) is 0 Å². The maximum Gasteiger partial charge on any atom is 0.267 e. The Hall–Kier alpha value is -1.66. The minimum atomic E-state index is -0.505. The molecule has 0 aliphatic heterocycles. The molecule has 0 bridgehead atoms. The van der Waals surface area contributed by atoms with Crippen LogP contribution >= 0.6 is 11.3 Å². The Morgan fingerprint density at radius 2 is 2.18 bits per heavy atom. The first kappa shape index (κ1) is 16.7. The summed E-state index contributed by atoms with van der Waals surface area (Å²) in [6, 6.07) is 1.79. The van der Waals surface area contributed by atoms with E-state index >= 15 is 0 Å². The number of aryl methyl sites for hydroxylation is 1. The Morgan fingerprint density at radius 1 is 1.45 bits per heavy atom. The van der Waals surface area contributed by atoms with E-state index in [1.807, 2.05) is 26.2 Å². The van der Waals surface area contributed by atoms with Crippen LogP contribution in [0.1, 0.15) is 42.2 Å². The van der Waals surface area contributed by atoms with E-state index in [4.69, 9.17) is 0 Å². The van der Waals surface area contributed by atoms with E-state index in [1.165, 1.54) is 0 Å². The Bertz CT molecular complexity index is 616. The number of carbonyl (C=O) groups is 1. The zero-order valence-electron chi connectivity index (χ0n) is 13.2. The van der Waals surface area contributed by atoms with E-state index in [-0.39, 0.29) is 18.4 Å². The average Bonchev–Trinajstić information content (AvgIpc) is 3.14. The molecule has 0 aliphatic carbocycles. The predicted molar refractivity (Wildman–Crippen MR) is 89.0 cm³/mol. The first-order valence-electron chi connectivity index (χ1n) is 7.62. The molecule has 5 nitrogen and oxygen atoms in total.